The molecule has 0 aliphatic carbocycles. The lowest BCUT2D eigenvalue weighted by Crippen LogP contribution is -2.37. The van der Waals surface area contributed by atoms with Crippen LogP contribution in [-0.4, -0.2) is 61.4 Å². The molecule has 1 aromatic carbocycles. The number of anilines is 1. The number of fused-ring (bicyclic) bond motifs is 1. The zero-order valence-electron chi connectivity index (χ0n) is 18.4. The van der Waals surface area contributed by atoms with Crippen LogP contribution in [0.4, 0.5) is 5.82 Å². The number of ether oxygens (including phenoxy) is 1. The Hall–Kier alpha value is -3.59. The Morgan fingerprint density at radius 2 is 1.88 bits per heavy atom. The van der Waals surface area contributed by atoms with Crippen LogP contribution < -0.4 is 4.90 Å². The Labute approximate surface area is 185 Å². The van der Waals surface area contributed by atoms with Crippen LogP contribution in [0, 0.1) is 0 Å². The molecule has 0 bridgehead atoms. The highest BCUT2D eigenvalue weighted by atomic mass is 16.5. The average Bonchev–Trinajstić information content (AvgIpc) is 3.42. The Kier molecular flexibility index (Phi) is 5.18. The summed E-state index contributed by atoms with van der Waals surface area (Å²) in [7, 11) is 1.90. The summed E-state index contributed by atoms with van der Waals surface area (Å²) < 4.78 is 9.18. The number of benzene rings is 1. The number of hydrogen-bond donors (Lipinski definition) is 0. The van der Waals surface area contributed by atoms with E-state index in [-0.39, 0.29) is 5.78 Å². The number of imidazole rings is 1. The molecule has 0 spiro atoms. The zero-order valence-corrected chi connectivity index (χ0v) is 18.4. The molecule has 3 aromatic heterocycles. The van der Waals surface area contributed by atoms with Crippen molar-refractivity contribution in [2.75, 3.05) is 31.2 Å². The molecule has 0 radical (unpaired) electrons. The van der Waals surface area contributed by atoms with Gasteiger partial charge in [0.2, 0.25) is 0 Å². The third-order valence-corrected chi connectivity index (χ3v) is 5.65. The van der Waals surface area contributed by atoms with Crippen LogP contribution in [-0.2, 0) is 18.3 Å². The van der Waals surface area contributed by atoms with Gasteiger partial charge in [-0.1, -0.05) is 18.2 Å². The van der Waals surface area contributed by atoms with Crippen LogP contribution in [0.5, 0.6) is 0 Å². The predicted molar refractivity (Wildman–Crippen MR) is 122 cm³/mol. The van der Waals surface area contributed by atoms with E-state index in [1.807, 2.05) is 55.1 Å². The van der Waals surface area contributed by atoms with Crippen molar-refractivity contribution in [3.8, 4) is 22.6 Å². The summed E-state index contributed by atoms with van der Waals surface area (Å²) in [6, 6.07) is 10.0. The summed E-state index contributed by atoms with van der Waals surface area (Å²) in [5.74, 6) is 1.66. The number of aryl methyl sites for hydroxylation is 2. The van der Waals surface area contributed by atoms with Gasteiger partial charge >= 0.3 is 0 Å². The molecule has 1 saturated heterocycles. The van der Waals surface area contributed by atoms with Gasteiger partial charge in [-0.15, -0.1) is 0 Å². The summed E-state index contributed by atoms with van der Waals surface area (Å²) >= 11 is 0. The molecule has 0 N–H and O–H groups in total. The maximum atomic E-state index is 12.3. The second-order valence-electron chi connectivity index (χ2n) is 7.83. The first-order valence-corrected chi connectivity index (χ1v) is 10.8. The molecule has 9 nitrogen and oxygen atoms in total. The minimum absolute atomic E-state index is 0.0866. The molecule has 0 amide bonds. The lowest BCUT2D eigenvalue weighted by Gasteiger charge is -2.28. The smallest absolute Gasteiger partial charge is 0.195 e. The second-order valence-corrected chi connectivity index (χ2v) is 7.83. The van der Waals surface area contributed by atoms with E-state index in [1.165, 1.54) is 6.92 Å². The number of morpholine rings is 1. The van der Waals surface area contributed by atoms with Crippen LogP contribution in [0.2, 0.25) is 0 Å². The molecule has 0 saturated carbocycles. The number of ketones is 1. The van der Waals surface area contributed by atoms with E-state index < -0.39 is 0 Å². The van der Waals surface area contributed by atoms with Crippen molar-refractivity contribution >= 4 is 22.8 Å². The number of carbonyl (C=O) groups is 1. The van der Waals surface area contributed by atoms with Crippen molar-refractivity contribution in [3.63, 3.8) is 0 Å². The zero-order chi connectivity index (χ0) is 22.2. The highest BCUT2D eigenvalue weighted by Gasteiger charge is 2.24. The van der Waals surface area contributed by atoms with Crippen molar-refractivity contribution in [3.05, 3.63) is 42.4 Å². The van der Waals surface area contributed by atoms with Crippen LogP contribution in [0.25, 0.3) is 33.8 Å². The van der Waals surface area contributed by atoms with Gasteiger partial charge in [0.05, 0.1) is 18.9 Å². The van der Waals surface area contributed by atoms with Gasteiger partial charge < -0.3 is 14.2 Å². The fraction of sp³-hybridized carbons (Fsp3) is 0.348. The van der Waals surface area contributed by atoms with Crippen LogP contribution in [0.15, 0.2) is 36.5 Å². The van der Waals surface area contributed by atoms with Gasteiger partial charge in [0, 0.05) is 50.9 Å². The van der Waals surface area contributed by atoms with Crippen molar-refractivity contribution in [2.24, 2.45) is 7.05 Å². The summed E-state index contributed by atoms with van der Waals surface area (Å²) in [4.78, 5) is 28.9. The second kappa shape index (κ2) is 8.16. The SMILES string of the molecule is CCn1c(C(C)=O)nc2c(N3CCOCC3)nc(-c3cccc(-c4ccn(C)n4)c3)nc21. The molecule has 5 rings (SSSR count). The van der Waals surface area contributed by atoms with E-state index in [2.05, 4.69) is 15.0 Å². The molecule has 164 valence electrons. The Morgan fingerprint density at radius 3 is 2.56 bits per heavy atom. The number of rotatable bonds is 5. The average molecular weight is 432 g/mol. The largest absolute Gasteiger partial charge is 0.378 e. The molecule has 0 unspecified atom stereocenters. The minimum atomic E-state index is -0.0866. The van der Waals surface area contributed by atoms with Crippen LogP contribution in [0.3, 0.4) is 0 Å². The Balaban J connectivity index is 1.70. The van der Waals surface area contributed by atoms with Gasteiger partial charge in [0.15, 0.2) is 34.4 Å². The van der Waals surface area contributed by atoms with Gasteiger partial charge in [-0.05, 0) is 19.1 Å². The van der Waals surface area contributed by atoms with Crippen molar-refractivity contribution in [1.29, 1.82) is 0 Å². The molecule has 4 heterocycles. The monoisotopic (exact) mass is 431 g/mol. The van der Waals surface area contributed by atoms with E-state index in [0.29, 0.717) is 55.7 Å². The van der Waals surface area contributed by atoms with E-state index in [4.69, 9.17) is 14.7 Å². The highest BCUT2D eigenvalue weighted by Crippen LogP contribution is 2.30. The van der Waals surface area contributed by atoms with Crippen molar-refractivity contribution in [1.82, 2.24) is 29.3 Å². The molecule has 0 atom stereocenters. The number of aromatic nitrogens is 6. The van der Waals surface area contributed by atoms with Gasteiger partial charge in [-0.2, -0.15) is 5.10 Å². The van der Waals surface area contributed by atoms with Crippen molar-refractivity contribution in [2.45, 2.75) is 20.4 Å². The number of nitrogens with zero attached hydrogens (tertiary/aromatic N) is 7. The number of carbonyl (C=O) groups excluding carboxylic acids is 1. The van der Waals surface area contributed by atoms with Crippen molar-refractivity contribution < 1.29 is 9.53 Å². The lowest BCUT2D eigenvalue weighted by molar-refractivity contribution is 0.1000. The summed E-state index contributed by atoms with van der Waals surface area (Å²) in [5, 5.41) is 4.51. The highest BCUT2D eigenvalue weighted by molar-refractivity contribution is 5.96. The van der Waals surface area contributed by atoms with E-state index in [9.17, 15) is 4.79 Å². The molecule has 4 aromatic rings. The molecule has 1 aliphatic rings. The number of hydrogen-bond acceptors (Lipinski definition) is 7. The number of Topliss-reactive ketones (excluding diaryl/α,β-unsaturated/α-hetero) is 1. The van der Waals surface area contributed by atoms with E-state index >= 15 is 0 Å². The first-order chi connectivity index (χ1) is 15.5. The first-order valence-electron chi connectivity index (χ1n) is 10.8. The predicted octanol–water partition coefficient (Wildman–Crippen LogP) is 2.95. The van der Waals surface area contributed by atoms with Crippen LogP contribution >= 0.6 is 0 Å². The minimum Gasteiger partial charge on any atom is -0.378 e. The fourth-order valence-electron chi connectivity index (χ4n) is 4.07. The topological polar surface area (TPSA) is 91.0 Å². The molecule has 9 heteroatoms. The quantitative estimate of drug-likeness (QED) is 0.449. The molecular formula is C23H25N7O2. The van der Waals surface area contributed by atoms with Gasteiger partial charge in [-0.3, -0.25) is 9.48 Å². The normalized spacial score (nSPS) is 14.3. The molecule has 1 fully saturated rings. The van der Waals surface area contributed by atoms with Gasteiger partial charge in [0.1, 0.15) is 0 Å². The summed E-state index contributed by atoms with van der Waals surface area (Å²) in [5.41, 5.74) is 4.10. The summed E-state index contributed by atoms with van der Waals surface area (Å²) in [6.45, 7) is 6.81. The third kappa shape index (κ3) is 3.54. The standard InChI is InChI=1S/C23H25N7O2/c1-4-30-21(15(2)31)24-19-22(29-10-12-32-13-11-29)25-20(26-23(19)30)17-7-5-6-16(14-17)18-8-9-28(3)27-18/h5-9,14H,4,10-13H2,1-3H3. The van der Waals surface area contributed by atoms with E-state index in [1.54, 1.807) is 4.68 Å². The third-order valence-electron chi connectivity index (χ3n) is 5.65. The van der Waals surface area contributed by atoms with Crippen LogP contribution in [0.1, 0.15) is 24.5 Å². The molecule has 32 heavy (non-hydrogen) atoms. The summed E-state index contributed by atoms with van der Waals surface area (Å²) in [6.07, 6.45) is 1.92. The maximum Gasteiger partial charge on any atom is 0.195 e. The Bertz CT molecular complexity index is 1300. The van der Waals surface area contributed by atoms with E-state index in [0.717, 1.165) is 22.6 Å². The maximum absolute atomic E-state index is 12.3. The van der Waals surface area contributed by atoms with Gasteiger partial charge in [0.25, 0.3) is 0 Å². The molecular weight excluding hydrogens is 406 g/mol. The fourth-order valence-corrected chi connectivity index (χ4v) is 4.07. The first kappa shape index (κ1) is 20.3. The van der Waals surface area contributed by atoms with Gasteiger partial charge in [-0.25, -0.2) is 15.0 Å². The lowest BCUT2D eigenvalue weighted by atomic mass is 10.1. The molecule has 1 aliphatic heterocycles. The Morgan fingerprint density at radius 1 is 1.09 bits per heavy atom.